The maximum atomic E-state index is 13.3. The Morgan fingerprint density at radius 1 is 1.09 bits per heavy atom. The second-order valence-corrected chi connectivity index (χ2v) is 7.13. The number of hydrogen-bond acceptors (Lipinski definition) is 8. The molecule has 0 fully saturated rings. The van der Waals surface area contributed by atoms with Gasteiger partial charge < -0.3 is 10.1 Å². The van der Waals surface area contributed by atoms with Gasteiger partial charge in [-0.2, -0.15) is 0 Å². The third-order valence-corrected chi connectivity index (χ3v) is 5.18. The topological polar surface area (TPSA) is 142 Å². The lowest BCUT2D eigenvalue weighted by molar-refractivity contribution is -0.394. The van der Waals surface area contributed by atoms with Gasteiger partial charge in [0.1, 0.15) is 21.9 Å². The van der Waals surface area contributed by atoms with Crippen molar-refractivity contribution < 1.29 is 28.6 Å². The Balaban J connectivity index is 2.03. The van der Waals surface area contributed by atoms with E-state index in [-0.39, 0.29) is 17.2 Å². The molecule has 0 saturated carbocycles. The number of thiophene rings is 1. The zero-order valence-corrected chi connectivity index (χ0v) is 17.2. The molecule has 1 aromatic heterocycles. The summed E-state index contributed by atoms with van der Waals surface area (Å²) in [6, 6.07) is 7.93. The number of esters is 1. The van der Waals surface area contributed by atoms with Crippen LogP contribution in [0.15, 0.2) is 47.8 Å². The predicted octanol–water partition coefficient (Wildman–Crippen LogP) is 4.80. The van der Waals surface area contributed by atoms with E-state index in [0.29, 0.717) is 17.2 Å². The highest BCUT2D eigenvalue weighted by atomic mass is 32.1. The third-order valence-electron chi connectivity index (χ3n) is 4.29. The fraction of sp³-hybridized carbons (Fsp3) is 0.100. The summed E-state index contributed by atoms with van der Waals surface area (Å²) in [5, 5.41) is 26.3. The number of ether oxygens (including phenoxy) is 1. The Morgan fingerprint density at radius 3 is 2.38 bits per heavy atom. The molecule has 12 heteroatoms. The summed E-state index contributed by atoms with van der Waals surface area (Å²) in [7, 11) is 0. The van der Waals surface area contributed by atoms with Crippen molar-refractivity contribution in [3.8, 4) is 11.1 Å². The van der Waals surface area contributed by atoms with E-state index in [2.05, 4.69) is 5.32 Å². The van der Waals surface area contributed by atoms with Crippen LogP contribution in [0.2, 0.25) is 0 Å². The first-order chi connectivity index (χ1) is 15.2. The summed E-state index contributed by atoms with van der Waals surface area (Å²) in [5.41, 5.74) is -0.858. The van der Waals surface area contributed by atoms with Gasteiger partial charge in [-0.05, 0) is 30.7 Å². The number of anilines is 1. The molecule has 3 aromatic rings. The van der Waals surface area contributed by atoms with Gasteiger partial charge in [0.15, 0.2) is 0 Å². The third kappa shape index (κ3) is 4.59. The van der Waals surface area contributed by atoms with Crippen LogP contribution in [0.25, 0.3) is 11.1 Å². The smallest absolute Gasteiger partial charge is 0.341 e. The number of hydrogen-bond donors (Lipinski definition) is 1. The number of carbonyl (C=O) groups excluding carboxylic acids is 2. The quantitative estimate of drug-likeness (QED) is 0.304. The maximum absolute atomic E-state index is 13.3. The lowest BCUT2D eigenvalue weighted by atomic mass is 10.0. The van der Waals surface area contributed by atoms with Crippen molar-refractivity contribution >= 4 is 39.6 Å². The number of halogens is 1. The van der Waals surface area contributed by atoms with Gasteiger partial charge in [-0.3, -0.25) is 25.0 Å². The average molecular weight is 459 g/mol. The normalized spacial score (nSPS) is 10.4. The molecule has 0 bridgehead atoms. The number of nitro groups is 2. The zero-order chi connectivity index (χ0) is 23.4. The van der Waals surface area contributed by atoms with E-state index in [0.717, 1.165) is 23.5 Å². The molecule has 0 aliphatic heterocycles. The molecule has 2 aromatic carbocycles. The highest BCUT2D eigenvalue weighted by Gasteiger charge is 2.27. The fourth-order valence-corrected chi connectivity index (χ4v) is 3.80. The van der Waals surface area contributed by atoms with E-state index < -0.39 is 44.5 Å². The molecular weight excluding hydrogens is 445 g/mol. The lowest BCUT2D eigenvalue weighted by Gasteiger charge is -2.09. The molecule has 0 spiro atoms. The van der Waals surface area contributed by atoms with Gasteiger partial charge in [0, 0.05) is 17.0 Å². The van der Waals surface area contributed by atoms with E-state index >= 15 is 0 Å². The van der Waals surface area contributed by atoms with Crippen molar-refractivity contribution in [1.29, 1.82) is 0 Å². The molecule has 0 aliphatic carbocycles. The summed E-state index contributed by atoms with van der Waals surface area (Å²) in [5.74, 6) is -2.16. The minimum Gasteiger partial charge on any atom is -0.462 e. The Hall–Kier alpha value is -4.19. The van der Waals surface area contributed by atoms with Crippen molar-refractivity contribution in [3.05, 3.63) is 85.0 Å². The summed E-state index contributed by atoms with van der Waals surface area (Å²) < 4.78 is 18.3. The number of non-ortho nitro benzene ring substituents is 1. The molecule has 164 valence electrons. The van der Waals surface area contributed by atoms with Gasteiger partial charge >= 0.3 is 5.97 Å². The van der Waals surface area contributed by atoms with Crippen LogP contribution in [0.4, 0.5) is 20.8 Å². The summed E-state index contributed by atoms with van der Waals surface area (Å²) in [6.07, 6.45) is 0. The fourth-order valence-electron chi connectivity index (χ4n) is 2.84. The number of nitrogens with zero attached hydrogens (tertiary/aromatic N) is 2. The van der Waals surface area contributed by atoms with Crippen LogP contribution in [0.5, 0.6) is 0 Å². The van der Waals surface area contributed by atoms with Crippen LogP contribution in [0, 0.1) is 26.0 Å². The highest BCUT2D eigenvalue weighted by Crippen LogP contribution is 2.37. The molecule has 0 atom stereocenters. The minimum absolute atomic E-state index is 0.00127. The standard InChI is InChI=1S/C20H14FN3O7S/c1-2-31-20(26)17-15(11-3-5-12(21)6-4-11)10-32-19(17)22-18(25)14-8-7-13(23(27)28)9-16(14)24(29)30/h3-10H,2H2,1H3,(H,22,25). The van der Waals surface area contributed by atoms with Gasteiger partial charge in [0.2, 0.25) is 0 Å². The van der Waals surface area contributed by atoms with Gasteiger partial charge in [0.05, 0.1) is 22.5 Å². The Bertz CT molecular complexity index is 1220. The second kappa shape index (κ2) is 9.31. The van der Waals surface area contributed by atoms with E-state index in [1.807, 2.05) is 0 Å². The number of amides is 1. The van der Waals surface area contributed by atoms with Gasteiger partial charge in [-0.15, -0.1) is 11.3 Å². The molecule has 0 radical (unpaired) electrons. The molecule has 0 aliphatic rings. The van der Waals surface area contributed by atoms with Crippen molar-refractivity contribution in [3.63, 3.8) is 0 Å². The number of carbonyl (C=O) groups is 2. The van der Waals surface area contributed by atoms with E-state index in [9.17, 15) is 34.2 Å². The van der Waals surface area contributed by atoms with Gasteiger partial charge in [-0.1, -0.05) is 12.1 Å². The molecule has 3 rings (SSSR count). The Labute approximate surface area is 183 Å². The number of rotatable bonds is 7. The summed E-state index contributed by atoms with van der Waals surface area (Å²) in [6.45, 7) is 1.65. The highest BCUT2D eigenvalue weighted by molar-refractivity contribution is 7.15. The molecule has 1 N–H and O–H groups in total. The monoisotopic (exact) mass is 459 g/mol. The van der Waals surface area contributed by atoms with Gasteiger partial charge in [-0.25, -0.2) is 9.18 Å². The zero-order valence-electron chi connectivity index (χ0n) is 16.4. The van der Waals surface area contributed by atoms with E-state index in [1.54, 1.807) is 12.3 Å². The number of nitro benzene ring substituents is 2. The lowest BCUT2D eigenvalue weighted by Crippen LogP contribution is -2.16. The second-order valence-electron chi connectivity index (χ2n) is 6.25. The van der Waals surface area contributed by atoms with Crippen LogP contribution < -0.4 is 5.32 Å². The molecule has 10 nitrogen and oxygen atoms in total. The number of benzene rings is 2. The largest absolute Gasteiger partial charge is 0.462 e. The van der Waals surface area contributed by atoms with Crippen LogP contribution in [0.3, 0.4) is 0 Å². The SMILES string of the molecule is CCOC(=O)c1c(-c2ccc(F)cc2)csc1NC(=O)c1ccc([N+](=O)[O-])cc1[N+](=O)[O-]. The Kier molecular flexibility index (Phi) is 6.54. The van der Waals surface area contributed by atoms with Crippen LogP contribution in [-0.4, -0.2) is 28.3 Å². The van der Waals surface area contributed by atoms with E-state index in [4.69, 9.17) is 4.74 Å². The van der Waals surface area contributed by atoms with Crippen LogP contribution >= 0.6 is 11.3 Å². The van der Waals surface area contributed by atoms with Crippen molar-refractivity contribution in [2.45, 2.75) is 6.92 Å². The number of nitrogens with one attached hydrogen (secondary N) is 1. The van der Waals surface area contributed by atoms with Crippen LogP contribution in [-0.2, 0) is 4.74 Å². The Morgan fingerprint density at radius 2 is 1.78 bits per heavy atom. The van der Waals surface area contributed by atoms with Crippen molar-refractivity contribution in [1.82, 2.24) is 0 Å². The summed E-state index contributed by atoms with van der Waals surface area (Å²) >= 11 is 0.970. The molecule has 0 unspecified atom stereocenters. The van der Waals surface area contributed by atoms with Gasteiger partial charge in [0.25, 0.3) is 17.3 Å². The van der Waals surface area contributed by atoms with Crippen molar-refractivity contribution in [2.75, 3.05) is 11.9 Å². The van der Waals surface area contributed by atoms with Crippen molar-refractivity contribution in [2.24, 2.45) is 0 Å². The predicted molar refractivity (Wildman–Crippen MR) is 113 cm³/mol. The maximum Gasteiger partial charge on any atom is 0.341 e. The molecule has 1 heterocycles. The van der Waals surface area contributed by atoms with E-state index in [1.165, 1.54) is 24.3 Å². The first kappa shape index (κ1) is 22.5. The summed E-state index contributed by atoms with van der Waals surface area (Å²) in [4.78, 5) is 45.8. The first-order valence-electron chi connectivity index (χ1n) is 9.01. The molecule has 32 heavy (non-hydrogen) atoms. The van der Waals surface area contributed by atoms with Crippen LogP contribution in [0.1, 0.15) is 27.6 Å². The molecule has 0 saturated heterocycles. The molecule has 1 amide bonds. The minimum atomic E-state index is -0.940. The molecular formula is C20H14FN3O7S. The first-order valence-corrected chi connectivity index (χ1v) is 9.89. The average Bonchev–Trinajstić information content (AvgIpc) is 3.17.